The lowest BCUT2D eigenvalue weighted by Gasteiger charge is -2.11. The van der Waals surface area contributed by atoms with E-state index in [9.17, 15) is 18.5 Å². The fraction of sp³-hybridized carbons (Fsp3) is 0.455. The number of sulfonamides is 1. The van der Waals surface area contributed by atoms with Crippen LogP contribution in [0.5, 0.6) is 5.75 Å². The molecule has 0 amide bonds. The molecule has 1 rings (SSSR count). The van der Waals surface area contributed by atoms with Gasteiger partial charge in [0.25, 0.3) is 5.69 Å². The van der Waals surface area contributed by atoms with Gasteiger partial charge in [0.05, 0.1) is 18.1 Å². The molecule has 2 N–H and O–H groups in total. The SMILES string of the molecule is COc1ccc([N+](=O)[O-])cc1S(=O)(=O)NCCC(C)O. The number of hydrogen-bond acceptors (Lipinski definition) is 6. The Hall–Kier alpha value is -1.71. The lowest BCUT2D eigenvalue weighted by atomic mass is 10.3. The van der Waals surface area contributed by atoms with Gasteiger partial charge in [-0.25, -0.2) is 13.1 Å². The maximum atomic E-state index is 12.1. The Morgan fingerprint density at radius 1 is 1.50 bits per heavy atom. The van der Waals surface area contributed by atoms with Gasteiger partial charge in [-0.05, 0) is 19.4 Å². The Bertz CT molecular complexity index is 585. The summed E-state index contributed by atoms with van der Waals surface area (Å²) in [6.07, 6.45) is -0.416. The average molecular weight is 304 g/mol. The standard InChI is InChI=1S/C11H16N2O6S/c1-8(14)5-6-12-20(17,18)11-7-9(13(15)16)3-4-10(11)19-2/h3-4,7-8,12,14H,5-6H2,1-2H3. The van der Waals surface area contributed by atoms with Crippen LogP contribution in [0.25, 0.3) is 0 Å². The second-order valence-electron chi connectivity index (χ2n) is 4.13. The zero-order valence-electron chi connectivity index (χ0n) is 11.1. The minimum absolute atomic E-state index is 0.0140. The van der Waals surface area contributed by atoms with Crippen molar-refractivity contribution in [3.8, 4) is 5.75 Å². The van der Waals surface area contributed by atoms with E-state index in [0.717, 1.165) is 12.1 Å². The number of benzene rings is 1. The number of aliphatic hydroxyl groups is 1. The predicted octanol–water partition coefficient (Wildman–Crippen LogP) is 0.653. The highest BCUT2D eigenvalue weighted by Crippen LogP contribution is 2.27. The van der Waals surface area contributed by atoms with E-state index in [1.165, 1.54) is 20.1 Å². The van der Waals surface area contributed by atoms with Gasteiger partial charge in [-0.15, -0.1) is 0 Å². The summed E-state index contributed by atoms with van der Waals surface area (Å²) in [6, 6.07) is 3.32. The molecule has 0 heterocycles. The molecule has 0 saturated carbocycles. The summed E-state index contributed by atoms with van der Waals surface area (Å²) in [7, 11) is -2.67. The number of hydrogen-bond donors (Lipinski definition) is 2. The Morgan fingerprint density at radius 3 is 2.65 bits per heavy atom. The molecule has 0 radical (unpaired) electrons. The first-order valence-electron chi connectivity index (χ1n) is 5.78. The van der Waals surface area contributed by atoms with E-state index in [-0.39, 0.29) is 29.3 Å². The van der Waals surface area contributed by atoms with Gasteiger partial charge in [-0.2, -0.15) is 0 Å². The van der Waals surface area contributed by atoms with Gasteiger partial charge in [-0.3, -0.25) is 10.1 Å². The fourth-order valence-corrected chi connectivity index (χ4v) is 2.70. The molecule has 0 bridgehead atoms. The highest BCUT2D eigenvalue weighted by Gasteiger charge is 2.22. The Kier molecular flexibility index (Phi) is 5.43. The molecule has 1 atom stereocenters. The number of nitrogens with one attached hydrogen (secondary N) is 1. The van der Waals surface area contributed by atoms with Gasteiger partial charge in [0.15, 0.2) is 0 Å². The Morgan fingerprint density at radius 2 is 2.15 bits per heavy atom. The molecule has 0 saturated heterocycles. The quantitative estimate of drug-likeness (QED) is 0.564. The van der Waals surface area contributed by atoms with Crippen LogP contribution in [0.2, 0.25) is 0 Å². The lowest BCUT2D eigenvalue weighted by molar-refractivity contribution is -0.385. The van der Waals surface area contributed by atoms with Crippen molar-refractivity contribution in [3.05, 3.63) is 28.3 Å². The van der Waals surface area contributed by atoms with Crippen LogP contribution in [0.3, 0.4) is 0 Å². The molecular formula is C11H16N2O6S. The molecule has 0 fully saturated rings. The Labute approximate surface area is 116 Å². The van der Waals surface area contributed by atoms with Gasteiger partial charge < -0.3 is 9.84 Å². The maximum absolute atomic E-state index is 12.1. The molecule has 1 aromatic carbocycles. The summed E-state index contributed by atoms with van der Waals surface area (Å²) in [5.41, 5.74) is -0.346. The van der Waals surface area contributed by atoms with Crippen molar-refractivity contribution in [2.75, 3.05) is 13.7 Å². The lowest BCUT2D eigenvalue weighted by Crippen LogP contribution is -2.27. The van der Waals surface area contributed by atoms with E-state index >= 15 is 0 Å². The van der Waals surface area contributed by atoms with Crippen molar-refractivity contribution in [3.63, 3.8) is 0 Å². The van der Waals surface area contributed by atoms with Crippen molar-refractivity contribution in [2.24, 2.45) is 0 Å². The molecule has 0 aliphatic heterocycles. The van der Waals surface area contributed by atoms with Crippen LogP contribution in [0.1, 0.15) is 13.3 Å². The van der Waals surface area contributed by atoms with Crippen molar-refractivity contribution in [2.45, 2.75) is 24.3 Å². The van der Waals surface area contributed by atoms with Crippen molar-refractivity contribution in [1.82, 2.24) is 4.72 Å². The van der Waals surface area contributed by atoms with Crippen LogP contribution in [0.15, 0.2) is 23.1 Å². The third kappa shape index (κ3) is 4.15. The second-order valence-corrected chi connectivity index (χ2v) is 5.86. The molecule has 8 nitrogen and oxygen atoms in total. The van der Waals surface area contributed by atoms with Gasteiger partial charge in [-0.1, -0.05) is 0 Å². The summed E-state index contributed by atoms with van der Waals surface area (Å²) in [5.74, 6) is 0.0140. The molecular weight excluding hydrogens is 288 g/mol. The number of methoxy groups -OCH3 is 1. The highest BCUT2D eigenvalue weighted by molar-refractivity contribution is 7.89. The molecule has 1 aromatic rings. The molecule has 20 heavy (non-hydrogen) atoms. The first kappa shape index (κ1) is 16.3. The van der Waals surface area contributed by atoms with Crippen LogP contribution in [0, 0.1) is 10.1 Å². The number of nitro benzene ring substituents is 1. The first-order valence-corrected chi connectivity index (χ1v) is 7.26. The zero-order chi connectivity index (χ0) is 15.3. The minimum Gasteiger partial charge on any atom is -0.495 e. The number of nitrogens with zero attached hydrogens (tertiary/aromatic N) is 1. The molecule has 0 aliphatic carbocycles. The molecule has 1 unspecified atom stereocenters. The number of non-ortho nitro benzene ring substituents is 1. The first-order chi connectivity index (χ1) is 9.27. The molecule has 0 aliphatic rings. The third-order valence-corrected chi connectivity index (χ3v) is 3.98. The van der Waals surface area contributed by atoms with E-state index in [1.807, 2.05) is 0 Å². The smallest absolute Gasteiger partial charge is 0.271 e. The number of rotatable bonds is 7. The second kappa shape index (κ2) is 6.64. The van der Waals surface area contributed by atoms with Gasteiger partial charge >= 0.3 is 0 Å². The van der Waals surface area contributed by atoms with E-state index in [4.69, 9.17) is 9.84 Å². The average Bonchev–Trinajstić information content (AvgIpc) is 2.37. The Balaban J connectivity index is 3.08. The molecule has 112 valence electrons. The van der Waals surface area contributed by atoms with Crippen molar-refractivity contribution >= 4 is 15.7 Å². The summed E-state index contributed by atoms with van der Waals surface area (Å²) < 4.78 is 31.3. The van der Waals surface area contributed by atoms with Gasteiger partial charge in [0.2, 0.25) is 10.0 Å². The summed E-state index contributed by atoms with van der Waals surface area (Å²) >= 11 is 0. The van der Waals surface area contributed by atoms with E-state index in [2.05, 4.69) is 4.72 Å². The van der Waals surface area contributed by atoms with E-state index < -0.39 is 21.1 Å². The van der Waals surface area contributed by atoms with Crippen molar-refractivity contribution in [1.29, 1.82) is 0 Å². The summed E-state index contributed by atoms with van der Waals surface area (Å²) in [4.78, 5) is 9.71. The van der Waals surface area contributed by atoms with Crippen LogP contribution in [-0.4, -0.2) is 38.2 Å². The summed E-state index contributed by atoms with van der Waals surface area (Å²) in [5, 5.41) is 19.8. The third-order valence-electron chi connectivity index (χ3n) is 2.50. The number of aliphatic hydroxyl groups excluding tert-OH is 1. The molecule has 9 heteroatoms. The molecule has 0 spiro atoms. The van der Waals surface area contributed by atoms with E-state index in [0.29, 0.717) is 0 Å². The van der Waals surface area contributed by atoms with Gasteiger partial charge in [0.1, 0.15) is 10.6 Å². The van der Waals surface area contributed by atoms with Gasteiger partial charge in [0, 0.05) is 18.7 Å². The summed E-state index contributed by atoms with van der Waals surface area (Å²) in [6.45, 7) is 1.55. The number of nitro groups is 1. The minimum atomic E-state index is -3.95. The number of ether oxygens (including phenoxy) is 1. The molecule has 0 aromatic heterocycles. The van der Waals surface area contributed by atoms with Crippen molar-refractivity contribution < 1.29 is 23.2 Å². The normalized spacial score (nSPS) is 12.9. The van der Waals surface area contributed by atoms with Crippen LogP contribution in [0.4, 0.5) is 5.69 Å². The largest absolute Gasteiger partial charge is 0.495 e. The van der Waals surface area contributed by atoms with Crippen LogP contribution >= 0.6 is 0 Å². The highest BCUT2D eigenvalue weighted by atomic mass is 32.2. The zero-order valence-corrected chi connectivity index (χ0v) is 11.9. The maximum Gasteiger partial charge on any atom is 0.271 e. The van der Waals surface area contributed by atoms with E-state index in [1.54, 1.807) is 0 Å². The van der Waals surface area contributed by atoms with Crippen LogP contribution in [-0.2, 0) is 10.0 Å². The predicted molar refractivity (Wildman–Crippen MR) is 71.1 cm³/mol. The van der Waals surface area contributed by atoms with Crippen LogP contribution < -0.4 is 9.46 Å². The topological polar surface area (TPSA) is 119 Å². The fourth-order valence-electron chi connectivity index (χ4n) is 1.47. The monoisotopic (exact) mass is 304 g/mol.